The van der Waals surface area contributed by atoms with Gasteiger partial charge in [-0.1, -0.05) is 38.5 Å². The van der Waals surface area contributed by atoms with Gasteiger partial charge in [0.1, 0.15) is 11.5 Å². The van der Waals surface area contributed by atoms with E-state index >= 15 is 0 Å². The number of piperidine rings is 1. The Balaban J connectivity index is 1.52. The molecule has 2 N–H and O–H groups in total. The van der Waals surface area contributed by atoms with E-state index in [1.165, 1.54) is 37.2 Å². The molecule has 0 saturated carbocycles. The molecule has 0 aliphatic carbocycles. The highest BCUT2D eigenvalue weighted by molar-refractivity contribution is 8.33. The fourth-order valence-corrected chi connectivity index (χ4v) is 7.29. The zero-order valence-electron chi connectivity index (χ0n) is 19.3. The molecule has 6 nitrogen and oxygen atoms in total. The van der Waals surface area contributed by atoms with E-state index in [-0.39, 0.29) is 5.91 Å². The van der Waals surface area contributed by atoms with Crippen LogP contribution in [0.1, 0.15) is 55.6 Å². The highest BCUT2D eigenvalue weighted by atomic mass is 32.3. The summed E-state index contributed by atoms with van der Waals surface area (Å²) < 4.78 is 4.95. The molecule has 1 amide bonds. The monoisotopic (exact) mass is 453 g/mol. The van der Waals surface area contributed by atoms with Crippen molar-refractivity contribution in [2.45, 2.75) is 44.4 Å². The number of fused-ring (bicyclic) bond motifs is 1. The van der Waals surface area contributed by atoms with Crippen LogP contribution in [0, 0.1) is 0 Å². The van der Waals surface area contributed by atoms with Gasteiger partial charge in [0, 0.05) is 18.2 Å². The summed E-state index contributed by atoms with van der Waals surface area (Å²) in [6.45, 7) is 8.93. The van der Waals surface area contributed by atoms with Crippen LogP contribution in [-0.4, -0.2) is 59.7 Å². The number of benzene rings is 1. The normalized spacial score (nSPS) is 18.2. The second-order valence-electron chi connectivity index (χ2n) is 8.43. The lowest BCUT2D eigenvalue weighted by Crippen LogP contribution is -2.31. The fourth-order valence-electron chi connectivity index (χ4n) is 4.57. The van der Waals surface area contributed by atoms with E-state index in [0.29, 0.717) is 11.4 Å². The van der Waals surface area contributed by atoms with Gasteiger partial charge in [-0.25, -0.2) is 9.38 Å². The molecule has 32 heavy (non-hydrogen) atoms. The molecule has 0 atom stereocenters. The van der Waals surface area contributed by atoms with Crippen molar-refractivity contribution in [3.8, 4) is 0 Å². The van der Waals surface area contributed by atoms with Gasteiger partial charge in [-0.15, -0.1) is 10.2 Å². The number of rotatable bonds is 9. The van der Waals surface area contributed by atoms with Crippen molar-refractivity contribution in [2.75, 3.05) is 48.3 Å². The summed E-state index contributed by atoms with van der Waals surface area (Å²) in [5, 5.41) is 6.67. The molecule has 0 radical (unpaired) electrons. The third-order valence-electron chi connectivity index (χ3n) is 6.40. The van der Waals surface area contributed by atoms with E-state index in [1.54, 1.807) is 0 Å². The Morgan fingerprint density at radius 2 is 1.84 bits per heavy atom. The Morgan fingerprint density at radius 1 is 1.09 bits per heavy atom. The lowest BCUT2D eigenvalue weighted by atomic mass is 10.1. The van der Waals surface area contributed by atoms with E-state index in [2.05, 4.69) is 29.4 Å². The number of hydrogen-bond donors (Lipinski definition) is 2. The van der Waals surface area contributed by atoms with E-state index in [0.717, 1.165) is 42.4 Å². The molecule has 1 fully saturated rings. The molecule has 4 rings (SSSR count). The molecular formula is C25H35N5OS. The summed E-state index contributed by atoms with van der Waals surface area (Å²) in [6, 6.07) is 11.3. The van der Waals surface area contributed by atoms with Gasteiger partial charge in [0.25, 0.3) is 5.91 Å². The van der Waals surface area contributed by atoms with Gasteiger partial charge in [0.2, 0.25) is 0 Å². The molecular weight excluding hydrogens is 418 g/mol. The first-order valence-corrected chi connectivity index (χ1v) is 13.8. The smallest absolute Gasteiger partial charge is 0.256 e. The van der Waals surface area contributed by atoms with Crippen LogP contribution in [0.5, 0.6) is 0 Å². The Morgan fingerprint density at radius 3 is 2.56 bits per heavy atom. The third-order valence-corrected chi connectivity index (χ3v) is 10.0. The van der Waals surface area contributed by atoms with Crippen molar-refractivity contribution in [3.63, 3.8) is 0 Å². The minimum Gasteiger partial charge on any atom is -0.384 e. The van der Waals surface area contributed by atoms with Crippen LogP contribution in [0.4, 0.5) is 11.5 Å². The average molecular weight is 454 g/mol. The second kappa shape index (κ2) is 10.5. The minimum atomic E-state index is -1.26. The molecule has 7 heteroatoms. The molecule has 0 bridgehead atoms. The van der Waals surface area contributed by atoms with Crippen LogP contribution in [0.25, 0.3) is 0 Å². The highest BCUT2D eigenvalue weighted by Gasteiger charge is 2.33. The molecule has 0 unspecified atom stereocenters. The van der Waals surface area contributed by atoms with Gasteiger partial charge in [0.05, 0.1) is 16.8 Å². The minimum absolute atomic E-state index is 0.145. The zero-order valence-corrected chi connectivity index (χ0v) is 20.1. The molecule has 0 spiro atoms. The van der Waals surface area contributed by atoms with Crippen molar-refractivity contribution < 1.29 is 4.79 Å². The lowest BCUT2D eigenvalue weighted by Gasteiger charge is -2.33. The van der Waals surface area contributed by atoms with Crippen molar-refractivity contribution in [1.29, 1.82) is 0 Å². The topological polar surface area (TPSA) is 69.6 Å². The quantitative estimate of drug-likeness (QED) is 0.514. The number of carbonyl (C=O) groups excluding carboxylic acids is 1. The molecule has 1 aromatic carbocycles. The van der Waals surface area contributed by atoms with Crippen LogP contribution >= 0.6 is 10.2 Å². The summed E-state index contributed by atoms with van der Waals surface area (Å²) in [5.41, 5.74) is 2.60. The summed E-state index contributed by atoms with van der Waals surface area (Å²) in [5.74, 6) is 2.44. The Labute approximate surface area is 193 Å². The predicted octanol–water partition coefficient (Wildman–Crippen LogP) is 5.17. The first-order valence-electron chi connectivity index (χ1n) is 11.9. The van der Waals surface area contributed by atoms with Crippen LogP contribution in [0.15, 0.2) is 45.7 Å². The first kappa shape index (κ1) is 22.8. The van der Waals surface area contributed by atoms with Crippen LogP contribution in [0.3, 0.4) is 0 Å². The van der Waals surface area contributed by atoms with E-state index < -0.39 is 10.2 Å². The standard InChI is InChI=1S/C25H35N5OS/c1-3-32(4-2)24-21(26-14-11-17-30-15-9-6-10-16-30)18-23(28-22(24)19-27-32)29-25(31)20-12-7-5-8-13-20/h5,7-8,12-13,18-19H,3-4,6,9-11,14-17H2,1-2H3,(H2,26,28,29,31). The molecule has 1 saturated heterocycles. The number of likely N-dealkylation sites (tertiary alicyclic amines) is 1. The van der Waals surface area contributed by atoms with E-state index in [1.807, 2.05) is 42.6 Å². The number of hydrogen-bond acceptors (Lipinski definition) is 5. The second-order valence-corrected chi connectivity index (χ2v) is 11.9. The fraction of sp³-hybridized carbons (Fsp3) is 0.480. The van der Waals surface area contributed by atoms with E-state index in [9.17, 15) is 4.79 Å². The summed E-state index contributed by atoms with van der Waals surface area (Å²) >= 11 is 0. The Kier molecular flexibility index (Phi) is 7.48. The van der Waals surface area contributed by atoms with Gasteiger partial charge in [-0.05, 0) is 62.5 Å². The van der Waals surface area contributed by atoms with Crippen molar-refractivity contribution in [1.82, 2.24) is 9.88 Å². The molecule has 2 aromatic rings. The van der Waals surface area contributed by atoms with Gasteiger partial charge in [-0.3, -0.25) is 4.79 Å². The molecule has 2 aliphatic rings. The van der Waals surface area contributed by atoms with Gasteiger partial charge >= 0.3 is 0 Å². The van der Waals surface area contributed by atoms with Gasteiger partial charge in [-0.2, -0.15) is 0 Å². The lowest BCUT2D eigenvalue weighted by molar-refractivity contribution is 0.102. The number of carbonyl (C=O) groups is 1. The Bertz CT molecular complexity index is 952. The number of aromatic nitrogens is 1. The van der Waals surface area contributed by atoms with Gasteiger partial charge < -0.3 is 15.5 Å². The highest BCUT2D eigenvalue weighted by Crippen LogP contribution is 2.63. The number of anilines is 2. The molecule has 2 aliphatic heterocycles. The maximum Gasteiger partial charge on any atom is 0.256 e. The van der Waals surface area contributed by atoms with Crippen molar-refractivity contribution >= 4 is 33.8 Å². The van der Waals surface area contributed by atoms with Crippen LogP contribution < -0.4 is 10.6 Å². The van der Waals surface area contributed by atoms with Crippen LogP contribution in [-0.2, 0) is 0 Å². The molecule has 1 aromatic heterocycles. The zero-order chi connectivity index (χ0) is 22.4. The maximum atomic E-state index is 12.7. The number of pyridine rings is 1. The SMILES string of the molecule is CCS1(CC)N=Cc2nc(NC(=O)c3ccccc3)cc(NCCCN3CCCCC3)c21. The number of nitrogens with one attached hydrogen (secondary N) is 2. The summed E-state index contributed by atoms with van der Waals surface area (Å²) in [6.07, 6.45) is 7.03. The maximum absolute atomic E-state index is 12.7. The van der Waals surface area contributed by atoms with Crippen LogP contribution in [0.2, 0.25) is 0 Å². The average Bonchev–Trinajstić information content (AvgIpc) is 3.22. The summed E-state index contributed by atoms with van der Waals surface area (Å²) in [7, 11) is -1.26. The Hall–Kier alpha value is -2.38. The predicted molar refractivity (Wildman–Crippen MR) is 137 cm³/mol. The van der Waals surface area contributed by atoms with E-state index in [4.69, 9.17) is 9.38 Å². The summed E-state index contributed by atoms with van der Waals surface area (Å²) in [4.78, 5) is 21.3. The van der Waals surface area contributed by atoms with Crippen molar-refractivity contribution in [3.05, 3.63) is 47.7 Å². The molecule has 3 heterocycles. The van der Waals surface area contributed by atoms with Crippen molar-refractivity contribution in [2.24, 2.45) is 4.40 Å². The largest absolute Gasteiger partial charge is 0.384 e. The first-order chi connectivity index (χ1) is 15.6. The number of amides is 1. The van der Waals surface area contributed by atoms with Gasteiger partial charge in [0.15, 0.2) is 0 Å². The molecule has 172 valence electrons. The number of nitrogens with zero attached hydrogens (tertiary/aromatic N) is 3. The third kappa shape index (κ3) is 4.99.